The summed E-state index contributed by atoms with van der Waals surface area (Å²) in [6, 6.07) is 10.8. The van der Waals surface area contributed by atoms with Crippen LogP contribution < -0.4 is 15.1 Å². The lowest BCUT2D eigenvalue weighted by molar-refractivity contribution is 0.0797. The minimum Gasteiger partial charge on any atom is -0.389 e. The molecule has 27 heavy (non-hydrogen) atoms. The fourth-order valence-electron chi connectivity index (χ4n) is 3.16. The van der Waals surface area contributed by atoms with Crippen molar-refractivity contribution >= 4 is 17.7 Å². The van der Waals surface area contributed by atoms with Crippen LogP contribution in [-0.4, -0.2) is 60.3 Å². The van der Waals surface area contributed by atoms with Crippen LogP contribution in [0.4, 0.5) is 11.8 Å². The maximum absolute atomic E-state index is 12.4. The van der Waals surface area contributed by atoms with Crippen LogP contribution >= 0.6 is 0 Å². The van der Waals surface area contributed by atoms with E-state index in [9.17, 15) is 9.90 Å². The highest BCUT2D eigenvalue weighted by molar-refractivity contribution is 5.94. The van der Waals surface area contributed by atoms with E-state index < -0.39 is 6.10 Å². The van der Waals surface area contributed by atoms with Crippen LogP contribution in [0.3, 0.4) is 0 Å². The number of aryl methyl sites for hydroxylation is 1. The SMILES string of the molecule is CCc1cc(N2CC[C@@H](NC(=O)c3ccccc3)[C@H](O)C2)nc(N(C)C)n1. The number of carbonyl (C=O) groups excluding carboxylic acids is 1. The Kier molecular flexibility index (Phi) is 5.91. The smallest absolute Gasteiger partial charge is 0.251 e. The Balaban J connectivity index is 1.68. The van der Waals surface area contributed by atoms with E-state index in [0.717, 1.165) is 17.9 Å². The van der Waals surface area contributed by atoms with Gasteiger partial charge in [-0.1, -0.05) is 25.1 Å². The number of amides is 1. The predicted octanol–water partition coefficient (Wildman–Crippen LogP) is 1.47. The van der Waals surface area contributed by atoms with E-state index in [1.54, 1.807) is 12.1 Å². The van der Waals surface area contributed by atoms with Gasteiger partial charge >= 0.3 is 0 Å². The third-order valence-corrected chi connectivity index (χ3v) is 4.77. The molecular formula is C20H27N5O2. The maximum atomic E-state index is 12.4. The molecule has 144 valence electrons. The van der Waals surface area contributed by atoms with Crippen LogP contribution in [0, 0.1) is 0 Å². The molecule has 0 saturated carbocycles. The number of piperidine rings is 1. The van der Waals surface area contributed by atoms with Gasteiger partial charge in [0.15, 0.2) is 0 Å². The second kappa shape index (κ2) is 8.35. The van der Waals surface area contributed by atoms with Crippen molar-refractivity contribution in [1.82, 2.24) is 15.3 Å². The van der Waals surface area contributed by atoms with Crippen LogP contribution in [0.5, 0.6) is 0 Å². The average molecular weight is 369 g/mol. The van der Waals surface area contributed by atoms with Crippen molar-refractivity contribution in [2.24, 2.45) is 0 Å². The lowest BCUT2D eigenvalue weighted by Crippen LogP contribution is -2.54. The van der Waals surface area contributed by atoms with Gasteiger partial charge in [-0.15, -0.1) is 0 Å². The van der Waals surface area contributed by atoms with Crippen LogP contribution in [0.1, 0.15) is 29.4 Å². The molecule has 7 heteroatoms. The molecule has 2 atom stereocenters. The first-order valence-corrected chi connectivity index (χ1v) is 9.32. The Morgan fingerprint density at radius 3 is 2.67 bits per heavy atom. The molecular weight excluding hydrogens is 342 g/mol. The lowest BCUT2D eigenvalue weighted by Gasteiger charge is -2.37. The summed E-state index contributed by atoms with van der Waals surface area (Å²) in [6.07, 6.45) is 0.819. The van der Waals surface area contributed by atoms with Gasteiger partial charge in [0.1, 0.15) is 5.82 Å². The number of benzene rings is 1. The summed E-state index contributed by atoms with van der Waals surface area (Å²) in [5, 5.41) is 13.5. The monoisotopic (exact) mass is 369 g/mol. The number of anilines is 2. The molecule has 2 N–H and O–H groups in total. The molecule has 7 nitrogen and oxygen atoms in total. The van der Waals surface area contributed by atoms with Crippen molar-refractivity contribution in [1.29, 1.82) is 0 Å². The van der Waals surface area contributed by atoms with Crippen molar-refractivity contribution in [3.63, 3.8) is 0 Å². The number of β-amino-alcohol motifs (C(OH)–C–C–N with tert-alkyl or cyclic N) is 1. The van der Waals surface area contributed by atoms with Crippen LogP contribution in [0.2, 0.25) is 0 Å². The first-order chi connectivity index (χ1) is 13.0. The molecule has 0 unspecified atom stereocenters. The third kappa shape index (κ3) is 4.54. The minimum atomic E-state index is -0.658. The van der Waals surface area contributed by atoms with E-state index >= 15 is 0 Å². The number of hydrogen-bond acceptors (Lipinski definition) is 6. The molecule has 2 aromatic rings. The normalized spacial score (nSPS) is 19.6. The Labute approximate surface area is 160 Å². The summed E-state index contributed by atoms with van der Waals surface area (Å²) in [5.74, 6) is 1.33. The summed E-state index contributed by atoms with van der Waals surface area (Å²) in [5.41, 5.74) is 1.57. The van der Waals surface area contributed by atoms with Gasteiger partial charge in [0.25, 0.3) is 5.91 Å². The van der Waals surface area contributed by atoms with Gasteiger partial charge in [-0.05, 0) is 25.0 Å². The number of aromatic nitrogens is 2. The highest BCUT2D eigenvalue weighted by atomic mass is 16.3. The number of nitrogens with one attached hydrogen (secondary N) is 1. The number of nitrogens with zero attached hydrogens (tertiary/aromatic N) is 4. The molecule has 2 heterocycles. The van der Waals surface area contributed by atoms with Crippen LogP contribution in [0.15, 0.2) is 36.4 Å². The molecule has 0 aliphatic carbocycles. The molecule has 1 fully saturated rings. The van der Waals surface area contributed by atoms with Gasteiger partial charge in [0.2, 0.25) is 5.95 Å². The standard InChI is InChI=1S/C20H27N5O2/c1-4-15-12-18(23-20(21-15)24(2)3)25-11-10-16(17(26)13-25)22-19(27)14-8-6-5-7-9-14/h5-9,12,16-17,26H,4,10-11,13H2,1-3H3,(H,22,27)/t16-,17-/m1/s1. The van der Waals surface area contributed by atoms with Crippen LogP contribution in [-0.2, 0) is 6.42 Å². The Morgan fingerprint density at radius 2 is 2.04 bits per heavy atom. The van der Waals surface area contributed by atoms with Gasteiger partial charge < -0.3 is 20.2 Å². The third-order valence-electron chi connectivity index (χ3n) is 4.77. The Hall–Kier alpha value is -2.67. The number of aliphatic hydroxyl groups excluding tert-OH is 1. The van der Waals surface area contributed by atoms with Gasteiger partial charge in [-0.3, -0.25) is 4.79 Å². The summed E-state index contributed by atoms with van der Waals surface area (Å²) >= 11 is 0. The van der Waals surface area contributed by atoms with Gasteiger partial charge in [-0.2, -0.15) is 4.98 Å². The molecule has 1 aliphatic heterocycles. The van der Waals surface area contributed by atoms with Crippen molar-refractivity contribution < 1.29 is 9.90 Å². The van der Waals surface area contributed by atoms with Gasteiger partial charge in [-0.25, -0.2) is 4.98 Å². The van der Waals surface area contributed by atoms with E-state index in [1.165, 1.54) is 0 Å². The first-order valence-electron chi connectivity index (χ1n) is 9.32. The van der Waals surface area contributed by atoms with E-state index in [2.05, 4.69) is 27.1 Å². The molecule has 0 spiro atoms. The van der Waals surface area contributed by atoms with Crippen molar-refractivity contribution in [3.8, 4) is 0 Å². The topological polar surface area (TPSA) is 81.6 Å². The Bertz CT molecular complexity index is 781. The Morgan fingerprint density at radius 1 is 1.30 bits per heavy atom. The van der Waals surface area contributed by atoms with E-state index in [-0.39, 0.29) is 11.9 Å². The van der Waals surface area contributed by atoms with E-state index in [0.29, 0.717) is 31.0 Å². The first kappa shape index (κ1) is 19.1. The average Bonchev–Trinajstić information content (AvgIpc) is 2.69. The van der Waals surface area contributed by atoms with E-state index in [4.69, 9.17) is 0 Å². The molecule has 1 aliphatic rings. The van der Waals surface area contributed by atoms with Crippen molar-refractivity contribution in [2.45, 2.75) is 31.9 Å². The number of rotatable bonds is 5. The summed E-state index contributed by atoms with van der Waals surface area (Å²) < 4.78 is 0. The highest BCUT2D eigenvalue weighted by Crippen LogP contribution is 2.22. The second-order valence-corrected chi connectivity index (χ2v) is 7.01. The summed E-state index contributed by atoms with van der Waals surface area (Å²) in [4.78, 5) is 25.4. The lowest BCUT2D eigenvalue weighted by atomic mass is 10.0. The minimum absolute atomic E-state index is 0.154. The van der Waals surface area contributed by atoms with Crippen LogP contribution in [0.25, 0.3) is 0 Å². The van der Waals surface area contributed by atoms with Crippen molar-refractivity contribution in [2.75, 3.05) is 37.0 Å². The molecule has 0 bridgehead atoms. The zero-order valence-corrected chi connectivity index (χ0v) is 16.1. The number of carbonyl (C=O) groups is 1. The molecule has 1 saturated heterocycles. The fraction of sp³-hybridized carbons (Fsp3) is 0.450. The number of aliphatic hydroxyl groups is 1. The molecule has 1 aromatic carbocycles. The van der Waals surface area contributed by atoms with Gasteiger partial charge in [0, 0.05) is 44.5 Å². The maximum Gasteiger partial charge on any atom is 0.251 e. The highest BCUT2D eigenvalue weighted by Gasteiger charge is 2.30. The zero-order chi connectivity index (χ0) is 19.4. The quantitative estimate of drug-likeness (QED) is 0.831. The molecule has 0 radical (unpaired) electrons. The number of hydrogen-bond donors (Lipinski definition) is 2. The second-order valence-electron chi connectivity index (χ2n) is 7.01. The van der Waals surface area contributed by atoms with E-state index in [1.807, 2.05) is 43.3 Å². The molecule has 1 aromatic heterocycles. The molecule has 1 amide bonds. The predicted molar refractivity (Wildman–Crippen MR) is 106 cm³/mol. The summed E-state index contributed by atoms with van der Waals surface area (Å²) in [6.45, 7) is 3.20. The summed E-state index contributed by atoms with van der Waals surface area (Å²) in [7, 11) is 3.83. The zero-order valence-electron chi connectivity index (χ0n) is 16.1. The van der Waals surface area contributed by atoms with Crippen molar-refractivity contribution in [3.05, 3.63) is 47.7 Å². The molecule has 3 rings (SSSR count). The fourth-order valence-corrected chi connectivity index (χ4v) is 3.16. The largest absolute Gasteiger partial charge is 0.389 e. The van der Waals surface area contributed by atoms with Gasteiger partial charge in [0.05, 0.1) is 12.1 Å².